The molecule has 0 rings (SSSR count). The summed E-state index contributed by atoms with van der Waals surface area (Å²) in [6.45, 7) is 2.23. The van der Waals surface area contributed by atoms with E-state index in [-0.39, 0.29) is 6.42 Å². The minimum absolute atomic E-state index is 0.179. The van der Waals surface area contributed by atoms with E-state index in [9.17, 15) is 9.90 Å². The van der Waals surface area contributed by atoms with Crippen molar-refractivity contribution in [3.63, 3.8) is 0 Å². The van der Waals surface area contributed by atoms with Crippen molar-refractivity contribution in [1.82, 2.24) is 0 Å². The number of allylic oxidation sites excluding steroid dienone is 6. The van der Waals surface area contributed by atoms with E-state index in [1.807, 2.05) is 0 Å². The van der Waals surface area contributed by atoms with Crippen LogP contribution in [0.5, 0.6) is 0 Å². The second-order valence-electron chi connectivity index (χ2n) is 5.00. The van der Waals surface area contributed by atoms with Crippen molar-refractivity contribution < 1.29 is 9.90 Å². The maximum atomic E-state index is 10.2. The first-order valence-corrected chi connectivity index (χ1v) is 7.92. The van der Waals surface area contributed by atoms with E-state index >= 15 is 0 Å². The maximum absolute atomic E-state index is 10.2. The molecule has 0 fully saturated rings. The van der Waals surface area contributed by atoms with Gasteiger partial charge in [0.2, 0.25) is 0 Å². The molecule has 0 aromatic carbocycles. The van der Waals surface area contributed by atoms with E-state index in [1.165, 1.54) is 25.7 Å². The van der Waals surface area contributed by atoms with Gasteiger partial charge in [0.05, 0.1) is 6.42 Å². The van der Waals surface area contributed by atoms with Crippen LogP contribution in [0.1, 0.15) is 71.1 Å². The lowest BCUT2D eigenvalue weighted by Gasteiger charge is -1.91. The molecule has 0 aromatic rings. The van der Waals surface area contributed by atoms with Crippen LogP contribution < -0.4 is 0 Å². The second kappa shape index (κ2) is 15.7. The number of unbranched alkanes of at least 4 members (excludes halogenated alkanes) is 5. The zero-order valence-electron chi connectivity index (χ0n) is 12.9. The van der Waals surface area contributed by atoms with Crippen molar-refractivity contribution in [2.24, 2.45) is 0 Å². The minimum atomic E-state index is -0.945. The van der Waals surface area contributed by atoms with E-state index in [2.05, 4.69) is 43.4 Å². The van der Waals surface area contributed by atoms with Crippen molar-refractivity contribution >= 4 is 5.97 Å². The van der Waals surface area contributed by atoms with Crippen LogP contribution in [0.15, 0.2) is 36.5 Å². The summed E-state index contributed by atoms with van der Waals surface area (Å²) in [5.41, 5.74) is 0. The fourth-order valence-electron chi connectivity index (χ4n) is 1.82. The van der Waals surface area contributed by atoms with Crippen LogP contribution in [0, 0.1) is 0 Å². The van der Waals surface area contributed by atoms with Gasteiger partial charge < -0.3 is 0 Å². The van der Waals surface area contributed by atoms with Gasteiger partial charge in [-0.2, -0.15) is 0 Å². The van der Waals surface area contributed by atoms with E-state index in [0.717, 1.165) is 25.7 Å². The zero-order chi connectivity index (χ0) is 14.9. The molecule has 0 aliphatic rings. The Hall–Kier alpha value is -1.31. The third kappa shape index (κ3) is 16.7. The largest absolute Gasteiger partial charge is 0.355 e. The van der Waals surface area contributed by atoms with Gasteiger partial charge in [0.1, 0.15) is 0 Å². The predicted molar refractivity (Wildman–Crippen MR) is 85.0 cm³/mol. The van der Waals surface area contributed by atoms with Crippen LogP contribution in [0.25, 0.3) is 0 Å². The fourth-order valence-corrected chi connectivity index (χ4v) is 1.82. The van der Waals surface area contributed by atoms with Crippen LogP contribution in [0.2, 0.25) is 0 Å². The quantitative estimate of drug-likeness (QED) is 0.322. The lowest BCUT2D eigenvalue weighted by molar-refractivity contribution is -0.143. The normalized spacial score (nSPS) is 12.1. The predicted octanol–water partition coefficient (Wildman–Crippen LogP) is 5.53. The van der Waals surface area contributed by atoms with E-state index in [0.29, 0.717) is 6.42 Å². The highest BCUT2D eigenvalue weighted by Gasteiger charge is 1.96. The molecular formula is C18H29O2. The molecule has 0 amide bonds. The lowest BCUT2D eigenvalue weighted by atomic mass is 10.2. The molecule has 0 N–H and O–H groups in total. The molecule has 0 bridgehead atoms. The molecular weight excluding hydrogens is 248 g/mol. The number of carbonyl (C=O) groups is 1. The summed E-state index contributed by atoms with van der Waals surface area (Å²) in [6.07, 6.45) is 23.0. The number of rotatable bonds is 13. The average molecular weight is 277 g/mol. The number of hydrogen-bond donors (Lipinski definition) is 0. The summed E-state index contributed by atoms with van der Waals surface area (Å²) in [6, 6.07) is 0. The van der Waals surface area contributed by atoms with Gasteiger partial charge in [0.25, 0.3) is 0 Å². The van der Waals surface area contributed by atoms with E-state index < -0.39 is 5.97 Å². The summed E-state index contributed by atoms with van der Waals surface area (Å²) >= 11 is 0. The highest BCUT2D eigenvalue weighted by atomic mass is 16.4. The first kappa shape index (κ1) is 18.7. The first-order valence-electron chi connectivity index (χ1n) is 7.92. The third-order valence-corrected chi connectivity index (χ3v) is 3.02. The van der Waals surface area contributed by atoms with Crippen LogP contribution in [-0.2, 0) is 9.90 Å². The SMILES string of the molecule is CCCCC/C=C/C/C=C/C/C=C/CCCCC([O])=O. The molecule has 113 valence electrons. The Morgan fingerprint density at radius 2 is 1.25 bits per heavy atom. The smallest absolute Gasteiger partial charge is 0.247 e. The monoisotopic (exact) mass is 277 g/mol. The highest BCUT2D eigenvalue weighted by Crippen LogP contribution is 2.02. The Bertz CT molecular complexity index is 301. The Kier molecular flexibility index (Phi) is 14.7. The Labute approximate surface area is 124 Å². The average Bonchev–Trinajstić information content (AvgIpc) is 2.43. The van der Waals surface area contributed by atoms with Crippen LogP contribution >= 0.6 is 0 Å². The summed E-state index contributed by atoms with van der Waals surface area (Å²) in [5.74, 6) is -0.945. The summed E-state index contributed by atoms with van der Waals surface area (Å²) in [5, 5.41) is 10.2. The molecule has 1 radical (unpaired) electrons. The lowest BCUT2D eigenvalue weighted by Crippen LogP contribution is -1.90. The van der Waals surface area contributed by atoms with E-state index in [4.69, 9.17) is 0 Å². The molecule has 2 heteroatoms. The third-order valence-electron chi connectivity index (χ3n) is 3.02. The van der Waals surface area contributed by atoms with Gasteiger partial charge in [-0.05, 0) is 44.9 Å². The van der Waals surface area contributed by atoms with Crippen LogP contribution in [-0.4, -0.2) is 5.97 Å². The van der Waals surface area contributed by atoms with Crippen molar-refractivity contribution in [1.29, 1.82) is 0 Å². The molecule has 0 atom stereocenters. The topological polar surface area (TPSA) is 37.0 Å². The summed E-state index contributed by atoms with van der Waals surface area (Å²) in [4.78, 5) is 10.2. The standard InChI is InChI=1S/C18H29O2/c1-2-3-4-5-6-7-8-9-10-11-12-13-14-15-16-17-18(19)20/h6-7,9-10,12-13H,2-5,8,11,14-17H2,1H3/b7-6+,10-9+,13-12+. The Morgan fingerprint density at radius 3 is 1.75 bits per heavy atom. The van der Waals surface area contributed by atoms with Gasteiger partial charge in [-0.15, -0.1) is 0 Å². The Balaban J connectivity index is 3.32. The van der Waals surface area contributed by atoms with Crippen molar-refractivity contribution in [3.8, 4) is 0 Å². The Morgan fingerprint density at radius 1 is 0.750 bits per heavy atom. The van der Waals surface area contributed by atoms with Crippen LogP contribution in [0.4, 0.5) is 0 Å². The zero-order valence-corrected chi connectivity index (χ0v) is 12.9. The molecule has 0 heterocycles. The fraction of sp³-hybridized carbons (Fsp3) is 0.611. The molecule has 0 aromatic heterocycles. The van der Waals surface area contributed by atoms with Gasteiger partial charge >= 0.3 is 5.97 Å². The molecule has 0 saturated carbocycles. The van der Waals surface area contributed by atoms with E-state index in [1.54, 1.807) is 0 Å². The number of carbonyl (C=O) groups excluding carboxylic acids is 1. The molecule has 0 saturated heterocycles. The highest BCUT2D eigenvalue weighted by molar-refractivity contribution is 5.66. The molecule has 0 aliphatic carbocycles. The molecule has 20 heavy (non-hydrogen) atoms. The maximum Gasteiger partial charge on any atom is 0.355 e. The summed E-state index contributed by atoms with van der Waals surface area (Å²) in [7, 11) is 0. The van der Waals surface area contributed by atoms with Crippen molar-refractivity contribution in [3.05, 3.63) is 36.5 Å². The van der Waals surface area contributed by atoms with Gasteiger partial charge in [0, 0.05) is 0 Å². The minimum Gasteiger partial charge on any atom is -0.247 e. The second-order valence-corrected chi connectivity index (χ2v) is 5.00. The molecule has 2 nitrogen and oxygen atoms in total. The van der Waals surface area contributed by atoms with Crippen molar-refractivity contribution in [2.75, 3.05) is 0 Å². The van der Waals surface area contributed by atoms with Gasteiger partial charge in [-0.25, -0.2) is 9.90 Å². The molecule has 0 spiro atoms. The van der Waals surface area contributed by atoms with Crippen molar-refractivity contribution in [2.45, 2.75) is 71.1 Å². The number of hydrogen-bond acceptors (Lipinski definition) is 1. The summed E-state index contributed by atoms with van der Waals surface area (Å²) < 4.78 is 0. The molecule has 0 unspecified atom stereocenters. The van der Waals surface area contributed by atoms with Gasteiger partial charge in [0.15, 0.2) is 0 Å². The molecule has 0 aliphatic heterocycles. The van der Waals surface area contributed by atoms with Crippen LogP contribution in [0.3, 0.4) is 0 Å². The van der Waals surface area contributed by atoms with Gasteiger partial charge in [-0.3, -0.25) is 0 Å². The first-order chi connectivity index (χ1) is 9.77. The van der Waals surface area contributed by atoms with Gasteiger partial charge in [-0.1, -0.05) is 56.2 Å².